The molecule has 3 rings (SSSR count). The lowest BCUT2D eigenvalue weighted by Crippen LogP contribution is -1.84. The number of hydrogen-bond acceptors (Lipinski definition) is 1. The second-order valence-electron chi connectivity index (χ2n) is 3.96. The van der Waals surface area contributed by atoms with Crippen molar-refractivity contribution in [3.8, 4) is 11.3 Å². The predicted octanol–water partition coefficient (Wildman–Crippen LogP) is 4.41. The monoisotopic (exact) mass is 208 g/mol. The fourth-order valence-corrected chi connectivity index (χ4v) is 2.13. The first-order chi connectivity index (χ1) is 7.86. The summed E-state index contributed by atoms with van der Waals surface area (Å²) in [5.74, 6) is 0.939. The molecule has 0 saturated carbocycles. The van der Waals surface area contributed by atoms with Crippen LogP contribution in [-0.2, 0) is 0 Å². The van der Waals surface area contributed by atoms with Crippen LogP contribution in [0.25, 0.3) is 22.1 Å². The highest BCUT2D eigenvalue weighted by Crippen LogP contribution is 2.31. The van der Waals surface area contributed by atoms with Gasteiger partial charge in [-0.05, 0) is 35.4 Å². The van der Waals surface area contributed by atoms with Crippen molar-refractivity contribution in [2.45, 2.75) is 6.92 Å². The first-order valence-electron chi connectivity index (χ1n) is 5.38. The van der Waals surface area contributed by atoms with E-state index >= 15 is 0 Å². The van der Waals surface area contributed by atoms with Crippen molar-refractivity contribution in [1.82, 2.24) is 0 Å². The van der Waals surface area contributed by atoms with Crippen LogP contribution in [0, 0.1) is 6.92 Å². The van der Waals surface area contributed by atoms with Crippen LogP contribution in [0.1, 0.15) is 5.56 Å². The van der Waals surface area contributed by atoms with Gasteiger partial charge in [0.2, 0.25) is 0 Å². The van der Waals surface area contributed by atoms with Gasteiger partial charge in [-0.3, -0.25) is 0 Å². The van der Waals surface area contributed by atoms with Crippen molar-refractivity contribution in [3.63, 3.8) is 0 Å². The summed E-state index contributed by atoms with van der Waals surface area (Å²) < 4.78 is 5.51. The molecule has 2 aromatic carbocycles. The molecule has 0 spiro atoms. The number of furan rings is 1. The molecule has 0 bridgehead atoms. The van der Waals surface area contributed by atoms with Crippen LogP contribution in [0.5, 0.6) is 0 Å². The van der Waals surface area contributed by atoms with Crippen molar-refractivity contribution in [2.24, 2.45) is 0 Å². The molecule has 0 aliphatic rings. The van der Waals surface area contributed by atoms with Gasteiger partial charge < -0.3 is 4.42 Å². The minimum absolute atomic E-state index is 0.939. The van der Waals surface area contributed by atoms with E-state index < -0.39 is 0 Å². The van der Waals surface area contributed by atoms with Gasteiger partial charge in [-0.15, -0.1) is 0 Å². The van der Waals surface area contributed by atoms with E-state index in [-0.39, 0.29) is 0 Å². The molecule has 3 aromatic rings. The lowest BCUT2D eigenvalue weighted by molar-refractivity contribution is 0.582. The van der Waals surface area contributed by atoms with Crippen LogP contribution in [0.3, 0.4) is 0 Å². The summed E-state index contributed by atoms with van der Waals surface area (Å²) in [5, 5.41) is 2.50. The third kappa shape index (κ3) is 1.33. The van der Waals surface area contributed by atoms with Crippen LogP contribution >= 0.6 is 0 Å². The SMILES string of the molecule is Cc1ccc2ccccc2c1-c1ccco1. The smallest absolute Gasteiger partial charge is 0.134 e. The predicted molar refractivity (Wildman–Crippen MR) is 66.4 cm³/mol. The average Bonchev–Trinajstić information content (AvgIpc) is 2.82. The zero-order valence-electron chi connectivity index (χ0n) is 9.10. The molecule has 0 aliphatic carbocycles. The van der Waals surface area contributed by atoms with Gasteiger partial charge in [0.25, 0.3) is 0 Å². The third-order valence-electron chi connectivity index (χ3n) is 2.90. The maximum atomic E-state index is 5.51. The molecular weight excluding hydrogens is 196 g/mol. The quantitative estimate of drug-likeness (QED) is 0.577. The van der Waals surface area contributed by atoms with E-state index in [1.807, 2.05) is 12.1 Å². The van der Waals surface area contributed by atoms with E-state index in [0.29, 0.717) is 0 Å². The van der Waals surface area contributed by atoms with E-state index in [9.17, 15) is 0 Å². The summed E-state index contributed by atoms with van der Waals surface area (Å²) in [5.41, 5.74) is 2.44. The van der Waals surface area contributed by atoms with Gasteiger partial charge in [0.05, 0.1) is 6.26 Å². The van der Waals surface area contributed by atoms with E-state index in [0.717, 1.165) is 5.76 Å². The fourth-order valence-electron chi connectivity index (χ4n) is 2.13. The number of hydrogen-bond donors (Lipinski definition) is 0. The molecule has 1 heterocycles. The Labute approximate surface area is 94.3 Å². The number of aryl methyl sites for hydroxylation is 1. The molecule has 0 unspecified atom stereocenters. The highest BCUT2D eigenvalue weighted by Gasteiger charge is 2.08. The molecule has 0 saturated heterocycles. The molecule has 78 valence electrons. The number of benzene rings is 2. The largest absolute Gasteiger partial charge is 0.464 e. The van der Waals surface area contributed by atoms with Gasteiger partial charge in [0, 0.05) is 5.56 Å². The van der Waals surface area contributed by atoms with Gasteiger partial charge in [0.15, 0.2) is 0 Å². The average molecular weight is 208 g/mol. The van der Waals surface area contributed by atoms with Gasteiger partial charge in [-0.1, -0.05) is 36.4 Å². The van der Waals surface area contributed by atoms with E-state index in [1.54, 1.807) is 6.26 Å². The minimum atomic E-state index is 0.939. The first kappa shape index (κ1) is 9.22. The second-order valence-corrected chi connectivity index (χ2v) is 3.96. The van der Waals surface area contributed by atoms with Crippen molar-refractivity contribution < 1.29 is 4.42 Å². The van der Waals surface area contributed by atoms with Gasteiger partial charge >= 0.3 is 0 Å². The molecule has 16 heavy (non-hydrogen) atoms. The summed E-state index contributed by atoms with van der Waals surface area (Å²) in [4.78, 5) is 0. The summed E-state index contributed by atoms with van der Waals surface area (Å²) >= 11 is 0. The Bertz CT molecular complexity index is 621. The van der Waals surface area contributed by atoms with Crippen molar-refractivity contribution in [1.29, 1.82) is 0 Å². The molecule has 1 aromatic heterocycles. The zero-order chi connectivity index (χ0) is 11.0. The second kappa shape index (κ2) is 3.53. The highest BCUT2D eigenvalue weighted by atomic mass is 16.3. The first-order valence-corrected chi connectivity index (χ1v) is 5.38. The standard InChI is InChI=1S/C15H12O/c1-11-8-9-12-5-2-3-6-13(12)15(11)14-7-4-10-16-14/h2-10H,1H3. The molecule has 0 atom stereocenters. The summed E-state index contributed by atoms with van der Waals surface area (Å²) in [6.07, 6.45) is 1.72. The summed E-state index contributed by atoms with van der Waals surface area (Å²) in [7, 11) is 0. The van der Waals surface area contributed by atoms with Gasteiger partial charge in [-0.25, -0.2) is 0 Å². The zero-order valence-corrected chi connectivity index (χ0v) is 9.10. The molecule has 0 aliphatic heterocycles. The molecular formula is C15H12O. The third-order valence-corrected chi connectivity index (χ3v) is 2.90. The van der Waals surface area contributed by atoms with Crippen LogP contribution in [-0.4, -0.2) is 0 Å². The van der Waals surface area contributed by atoms with E-state index in [2.05, 4.69) is 43.3 Å². The highest BCUT2D eigenvalue weighted by molar-refractivity contribution is 5.96. The maximum absolute atomic E-state index is 5.51. The van der Waals surface area contributed by atoms with Crippen molar-refractivity contribution in [2.75, 3.05) is 0 Å². The van der Waals surface area contributed by atoms with Crippen LogP contribution in [0.2, 0.25) is 0 Å². The van der Waals surface area contributed by atoms with Crippen molar-refractivity contribution in [3.05, 3.63) is 60.4 Å². The molecule has 0 amide bonds. The van der Waals surface area contributed by atoms with Crippen LogP contribution in [0.15, 0.2) is 59.2 Å². The Balaban J connectivity index is 2.42. The normalized spacial score (nSPS) is 10.8. The fraction of sp³-hybridized carbons (Fsp3) is 0.0667. The van der Waals surface area contributed by atoms with E-state index in [1.165, 1.54) is 21.9 Å². The number of rotatable bonds is 1. The molecule has 1 nitrogen and oxygen atoms in total. The minimum Gasteiger partial charge on any atom is -0.464 e. The Hall–Kier alpha value is -2.02. The maximum Gasteiger partial charge on any atom is 0.134 e. The molecule has 0 fully saturated rings. The van der Waals surface area contributed by atoms with Crippen LogP contribution < -0.4 is 0 Å². The molecule has 1 heteroatoms. The lowest BCUT2D eigenvalue weighted by Gasteiger charge is -2.07. The van der Waals surface area contributed by atoms with E-state index in [4.69, 9.17) is 4.42 Å². The van der Waals surface area contributed by atoms with Crippen molar-refractivity contribution >= 4 is 10.8 Å². The Kier molecular flexibility index (Phi) is 2.03. The van der Waals surface area contributed by atoms with Gasteiger partial charge in [-0.2, -0.15) is 0 Å². The Morgan fingerprint density at radius 3 is 2.56 bits per heavy atom. The number of fused-ring (bicyclic) bond motifs is 1. The topological polar surface area (TPSA) is 13.1 Å². The van der Waals surface area contributed by atoms with Gasteiger partial charge in [0.1, 0.15) is 5.76 Å². The summed E-state index contributed by atoms with van der Waals surface area (Å²) in [6.45, 7) is 2.12. The molecule has 0 radical (unpaired) electrons. The summed E-state index contributed by atoms with van der Waals surface area (Å²) in [6, 6.07) is 16.6. The Morgan fingerprint density at radius 1 is 0.875 bits per heavy atom. The Morgan fingerprint density at radius 2 is 1.75 bits per heavy atom. The van der Waals surface area contributed by atoms with Crippen LogP contribution in [0.4, 0.5) is 0 Å². The lowest BCUT2D eigenvalue weighted by atomic mass is 9.98. The molecule has 0 N–H and O–H groups in total.